The van der Waals surface area contributed by atoms with Crippen molar-refractivity contribution in [1.82, 2.24) is 0 Å². The van der Waals surface area contributed by atoms with Crippen LogP contribution in [0.1, 0.15) is 17.7 Å². The van der Waals surface area contributed by atoms with Gasteiger partial charge >= 0.3 is 0 Å². The molecule has 0 aliphatic carbocycles. The topological polar surface area (TPSA) is 30.2 Å². The van der Waals surface area contributed by atoms with Crippen LogP contribution in [0, 0.1) is 6.92 Å². The largest absolute Gasteiger partial charge is 0.461 e. The van der Waals surface area contributed by atoms with E-state index in [2.05, 4.69) is 6.07 Å². The lowest BCUT2D eigenvalue weighted by atomic mass is 10.1. The van der Waals surface area contributed by atoms with Gasteiger partial charge in [-0.25, -0.2) is 0 Å². The third-order valence-electron chi connectivity index (χ3n) is 2.25. The molecular weight excluding hydrogens is 176 g/mol. The van der Waals surface area contributed by atoms with E-state index in [0.717, 1.165) is 29.4 Å². The van der Waals surface area contributed by atoms with Crippen LogP contribution in [0.3, 0.4) is 0 Å². The summed E-state index contributed by atoms with van der Waals surface area (Å²) in [6, 6.07) is 8.06. The molecule has 0 bridgehead atoms. The number of rotatable bonds is 3. The molecule has 0 saturated heterocycles. The summed E-state index contributed by atoms with van der Waals surface area (Å²) in [7, 11) is 0. The lowest BCUT2D eigenvalue weighted by Gasteiger charge is -1.96. The highest BCUT2D eigenvalue weighted by Gasteiger charge is 2.00. The second-order valence-electron chi connectivity index (χ2n) is 3.43. The third kappa shape index (κ3) is 1.69. The maximum Gasteiger partial charge on any atom is 0.134 e. The van der Waals surface area contributed by atoms with Gasteiger partial charge in [0.2, 0.25) is 0 Å². The van der Waals surface area contributed by atoms with Crippen LogP contribution < -0.4 is 0 Å². The Morgan fingerprint density at radius 1 is 1.36 bits per heavy atom. The zero-order valence-electron chi connectivity index (χ0n) is 8.12. The molecule has 14 heavy (non-hydrogen) atoms. The Hall–Kier alpha value is -1.57. The molecule has 1 heterocycles. The molecule has 0 atom stereocenters. The maximum atomic E-state index is 10.2. The van der Waals surface area contributed by atoms with E-state index in [1.807, 2.05) is 25.1 Å². The van der Waals surface area contributed by atoms with Crippen LogP contribution in [0.25, 0.3) is 11.0 Å². The van der Waals surface area contributed by atoms with Crippen LogP contribution in [0.15, 0.2) is 28.7 Å². The summed E-state index contributed by atoms with van der Waals surface area (Å²) in [4.78, 5) is 10.2. The van der Waals surface area contributed by atoms with E-state index >= 15 is 0 Å². The molecule has 0 N–H and O–H groups in total. The van der Waals surface area contributed by atoms with Gasteiger partial charge in [0.25, 0.3) is 0 Å². The molecule has 2 rings (SSSR count). The van der Waals surface area contributed by atoms with Crippen molar-refractivity contribution in [2.45, 2.75) is 19.8 Å². The Kier molecular flexibility index (Phi) is 2.35. The Balaban J connectivity index is 2.35. The Morgan fingerprint density at radius 2 is 2.21 bits per heavy atom. The molecule has 0 saturated carbocycles. The van der Waals surface area contributed by atoms with Crippen LogP contribution in [0.2, 0.25) is 0 Å². The fourth-order valence-corrected chi connectivity index (χ4v) is 1.61. The van der Waals surface area contributed by atoms with Crippen molar-refractivity contribution >= 4 is 17.3 Å². The van der Waals surface area contributed by atoms with Gasteiger partial charge in [-0.2, -0.15) is 0 Å². The highest BCUT2D eigenvalue weighted by atomic mass is 16.3. The molecule has 0 amide bonds. The van der Waals surface area contributed by atoms with Crippen molar-refractivity contribution in [1.29, 1.82) is 0 Å². The van der Waals surface area contributed by atoms with E-state index in [9.17, 15) is 4.79 Å². The lowest BCUT2D eigenvalue weighted by molar-refractivity contribution is -0.107. The number of fused-ring (bicyclic) bond motifs is 1. The predicted molar refractivity (Wildman–Crippen MR) is 55.3 cm³/mol. The van der Waals surface area contributed by atoms with Gasteiger partial charge in [0.1, 0.15) is 17.6 Å². The SMILES string of the molecule is Cc1cc2cc(CCC=O)ccc2o1. The average Bonchev–Trinajstić information content (AvgIpc) is 2.54. The van der Waals surface area contributed by atoms with Crippen molar-refractivity contribution in [3.05, 3.63) is 35.6 Å². The summed E-state index contributed by atoms with van der Waals surface area (Å²) in [5.41, 5.74) is 2.10. The number of aldehydes is 1. The highest BCUT2D eigenvalue weighted by Crippen LogP contribution is 2.20. The molecule has 2 heteroatoms. The zero-order valence-corrected chi connectivity index (χ0v) is 8.12. The standard InChI is InChI=1S/C12H12O2/c1-9-7-11-8-10(3-2-6-13)4-5-12(11)14-9/h4-8H,2-3H2,1H3. The van der Waals surface area contributed by atoms with Gasteiger partial charge < -0.3 is 9.21 Å². The molecule has 0 radical (unpaired) electrons. The van der Waals surface area contributed by atoms with Gasteiger partial charge in [0.15, 0.2) is 0 Å². The molecule has 0 spiro atoms. The summed E-state index contributed by atoms with van der Waals surface area (Å²) in [5.74, 6) is 0.924. The molecule has 0 aliphatic heterocycles. The minimum absolute atomic E-state index is 0.586. The van der Waals surface area contributed by atoms with E-state index in [-0.39, 0.29) is 0 Å². The first kappa shape index (κ1) is 9.00. The van der Waals surface area contributed by atoms with E-state index in [1.165, 1.54) is 5.56 Å². The van der Waals surface area contributed by atoms with Crippen LogP contribution in [0.5, 0.6) is 0 Å². The predicted octanol–water partition coefficient (Wildman–Crippen LogP) is 2.87. The highest BCUT2D eigenvalue weighted by molar-refractivity contribution is 5.78. The lowest BCUT2D eigenvalue weighted by Crippen LogP contribution is -1.84. The second kappa shape index (κ2) is 3.66. The van der Waals surface area contributed by atoms with Crippen molar-refractivity contribution in [3.63, 3.8) is 0 Å². The maximum absolute atomic E-state index is 10.2. The minimum Gasteiger partial charge on any atom is -0.461 e. The fourth-order valence-electron chi connectivity index (χ4n) is 1.61. The smallest absolute Gasteiger partial charge is 0.134 e. The Labute approximate surface area is 82.5 Å². The molecule has 0 fully saturated rings. The van der Waals surface area contributed by atoms with E-state index < -0.39 is 0 Å². The van der Waals surface area contributed by atoms with Crippen LogP contribution in [0.4, 0.5) is 0 Å². The monoisotopic (exact) mass is 188 g/mol. The number of aryl methyl sites for hydroxylation is 2. The molecule has 72 valence electrons. The Morgan fingerprint density at radius 3 is 3.00 bits per heavy atom. The average molecular weight is 188 g/mol. The number of carbonyl (C=O) groups is 1. The third-order valence-corrected chi connectivity index (χ3v) is 2.25. The second-order valence-corrected chi connectivity index (χ2v) is 3.43. The summed E-state index contributed by atoms with van der Waals surface area (Å²) in [6.07, 6.45) is 2.34. The zero-order chi connectivity index (χ0) is 9.97. The summed E-state index contributed by atoms with van der Waals surface area (Å²) in [5, 5.41) is 1.12. The van der Waals surface area contributed by atoms with E-state index in [1.54, 1.807) is 0 Å². The number of hydrogen-bond donors (Lipinski definition) is 0. The molecule has 1 aromatic carbocycles. The normalized spacial score (nSPS) is 10.6. The van der Waals surface area contributed by atoms with Gasteiger partial charge in [0, 0.05) is 11.8 Å². The summed E-state index contributed by atoms with van der Waals surface area (Å²) in [6.45, 7) is 1.94. The van der Waals surface area contributed by atoms with Crippen LogP contribution in [-0.2, 0) is 11.2 Å². The summed E-state index contributed by atoms with van der Waals surface area (Å²) >= 11 is 0. The van der Waals surface area contributed by atoms with E-state index in [4.69, 9.17) is 4.42 Å². The molecular formula is C12H12O2. The number of hydrogen-bond acceptors (Lipinski definition) is 2. The van der Waals surface area contributed by atoms with Gasteiger partial charge in [-0.1, -0.05) is 6.07 Å². The van der Waals surface area contributed by atoms with E-state index in [0.29, 0.717) is 6.42 Å². The molecule has 1 aromatic heterocycles. The summed E-state index contributed by atoms with van der Waals surface area (Å²) < 4.78 is 5.46. The first-order valence-electron chi connectivity index (χ1n) is 4.72. The molecule has 2 aromatic rings. The first-order valence-corrected chi connectivity index (χ1v) is 4.72. The van der Waals surface area contributed by atoms with Crippen molar-refractivity contribution in [2.75, 3.05) is 0 Å². The Bertz CT molecular complexity index is 454. The molecule has 2 nitrogen and oxygen atoms in total. The molecule has 0 unspecified atom stereocenters. The van der Waals surface area contributed by atoms with Crippen LogP contribution >= 0.6 is 0 Å². The first-order chi connectivity index (χ1) is 6.79. The van der Waals surface area contributed by atoms with Crippen molar-refractivity contribution < 1.29 is 9.21 Å². The van der Waals surface area contributed by atoms with Gasteiger partial charge in [-0.15, -0.1) is 0 Å². The quantitative estimate of drug-likeness (QED) is 0.693. The van der Waals surface area contributed by atoms with Gasteiger partial charge in [0.05, 0.1) is 0 Å². The number of carbonyl (C=O) groups excluding carboxylic acids is 1. The number of benzene rings is 1. The van der Waals surface area contributed by atoms with Gasteiger partial charge in [-0.3, -0.25) is 0 Å². The van der Waals surface area contributed by atoms with Crippen molar-refractivity contribution in [3.8, 4) is 0 Å². The number of furan rings is 1. The molecule has 0 aliphatic rings. The fraction of sp³-hybridized carbons (Fsp3) is 0.250. The van der Waals surface area contributed by atoms with Crippen LogP contribution in [-0.4, -0.2) is 6.29 Å². The van der Waals surface area contributed by atoms with Gasteiger partial charge in [-0.05, 0) is 37.1 Å². The minimum atomic E-state index is 0.586. The van der Waals surface area contributed by atoms with Crippen molar-refractivity contribution in [2.24, 2.45) is 0 Å².